The lowest BCUT2D eigenvalue weighted by atomic mass is 10.1. The fourth-order valence-corrected chi connectivity index (χ4v) is 4.61. The smallest absolute Gasteiger partial charge is 0.338 e. The van der Waals surface area contributed by atoms with Crippen LogP contribution in [0.25, 0.3) is 0 Å². The molecule has 0 aliphatic heterocycles. The van der Waals surface area contributed by atoms with Crippen molar-refractivity contribution >= 4 is 27.6 Å². The van der Waals surface area contributed by atoms with Gasteiger partial charge in [0.15, 0.2) is 0 Å². The number of hydrogen-bond donors (Lipinski definition) is 1. The molecule has 1 N–H and O–H groups in total. The van der Waals surface area contributed by atoms with Gasteiger partial charge in [-0.1, -0.05) is 17.7 Å². The summed E-state index contributed by atoms with van der Waals surface area (Å²) >= 11 is 0. The Kier molecular flexibility index (Phi) is 8.84. The number of carbonyl (C=O) groups excluding carboxylic acids is 2. The van der Waals surface area contributed by atoms with Crippen molar-refractivity contribution in [3.63, 3.8) is 0 Å². The minimum absolute atomic E-state index is 0.0148. The van der Waals surface area contributed by atoms with E-state index in [2.05, 4.69) is 5.32 Å². The van der Waals surface area contributed by atoms with Gasteiger partial charge in [0.25, 0.3) is 5.91 Å². The van der Waals surface area contributed by atoms with E-state index in [9.17, 15) is 18.0 Å². The Bertz CT molecular complexity index is 1320. The molecule has 0 spiro atoms. The molecule has 1 amide bonds. The van der Waals surface area contributed by atoms with Crippen LogP contribution in [0.1, 0.15) is 45.7 Å². The largest absolute Gasteiger partial charge is 0.494 e. The fourth-order valence-electron chi connectivity index (χ4n) is 3.46. The molecular weight excluding hydrogens is 480 g/mol. The zero-order valence-electron chi connectivity index (χ0n) is 20.8. The second-order valence-corrected chi connectivity index (χ2v) is 10.1. The molecule has 0 aliphatic rings. The summed E-state index contributed by atoms with van der Waals surface area (Å²) in [4.78, 5) is 24.9. The number of sulfonamides is 1. The molecule has 190 valence electrons. The van der Waals surface area contributed by atoms with Gasteiger partial charge in [0.1, 0.15) is 5.75 Å². The van der Waals surface area contributed by atoms with Crippen molar-refractivity contribution in [3.05, 3.63) is 89.0 Å². The van der Waals surface area contributed by atoms with Crippen molar-refractivity contribution < 1.29 is 27.5 Å². The number of esters is 1. The normalized spacial score (nSPS) is 11.2. The molecule has 0 atom stereocenters. The molecule has 8 nitrogen and oxygen atoms in total. The molecule has 0 heterocycles. The molecule has 36 heavy (non-hydrogen) atoms. The number of benzene rings is 3. The van der Waals surface area contributed by atoms with E-state index in [-0.39, 0.29) is 24.0 Å². The van der Waals surface area contributed by atoms with Crippen molar-refractivity contribution in [2.24, 2.45) is 0 Å². The van der Waals surface area contributed by atoms with Crippen LogP contribution in [0, 0.1) is 6.92 Å². The molecule has 0 saturated carbocycles. The van der Waals surface area contributed by atoms with Crippen LogP contribution < -0.4 is 10.1 Å². The third kappa shape index (κ3) is 6.50. The van der Waals surface area contributed by atoms with Crippen LogP contribution in [-0.4, -0.2) is 44.9 Å². The maximum atomic E-state index is 13.1. The predicted molar refractivity (Wildman–Crippen MR) is 138 cm³/mol. The Morgan fingerprint density at radius 1 is 0.889 bits per heavy atom. The number of ether oxygens (including phenoxy) is 2. The Morgan fingerprint density at radius 2 is 1.53 bits per heavy atom. The average molecular weight is 511 g/mol. The number of carbonyl (C=O) groups is 2. The monoisotopic (exact) mass is 510 g/mol. The maximum absolute atomic E-state index is 13.1. The van der Waals surface area contributed by atoms with Crippen LogP contribution in [0.2, 0.25) is 0 Å². The summed E-state index contributed by atoms with van der Waals surface area (Å²) in [5.74, 6) is -0.317. The highest BCUT2D eigenvalue weighted by atomic mass is 32.2. The van der Waals surface area contributed by atoms with Crippen molar-refractivity contribution in [2.45, 2.75) is 32.2 Å². The van der Waals surface area contributed by atoms with Crippen molar-refractivity contribution in [1.29, 1.82) is 0 Å². The summed E-state index contributed by atoms with van der Waals surface area (Å²) in [6.45, 7) is 6.13. The molecule has 0 saturated heterocycles. The quantitative estimate of drug-likeness (QED) is 0.399. The highest BCUT2D eigenvalue weighted by molar-refractivity contribution is 7.89. The van der Waals surface area contributed by atoms with Crippen LogP contribution in [-0.2, 0) is 21.3 Å². The van der Waals surface area contributed by atoms with Crippen molar-refractivity contribution in [2.75, 3.05) is 25.6 Å². The van der Waals surface area contributed by atoms with E-state index in [4.69, 9.17) is 9.47 Å². The van der Waals surface area contributed by atoms with Crippen LogP contribution in [0.15, 0.2) is 71.6 Å². The highest BCUT2D eigenvalue weighted by Crippen LogP contribution is 2.25. The van der Waals surface area contributed by atoms with E-state index in [1.807, 2.05) is 13.8 Å². The second kappa shape index (κ2) is 11.8. The number of hydrogen-bond acceptors (Lipinski definition) is 6. The maximum Gasteiger partial charge on any atom is 0.338 e. The molecule has 3 aromatic carbocycles. The molecule has 0 aliphatic carbocycles. The van der Waals surface area contributed by atoms with Gasteiger partial charge in [-0.2, -0.15) is 4.31 Å². The topological polar surface area (TPSA) is 102 Å². The molecule has 0 bridgehead atoms. The Labute approximate surface area is 211 Å². The summed E-state index contributed by atoms with van der Waals surface area (Å²) in [7, 11) is -2.25. The fraction of sp³-hybridized carbons (Fsp3) is 0.259. The first-order valence-electron chi connectivity index (χ1n) is 11.5. The van der Waals surface area contributed by atoms with Gasteiger partial charge >= 0.3 is 5.97 Å². The predicted octanol–water partition coefficient (Wildman–Crippen LogP) is 4.64. The van der Waals surface area contributed by atoms with Crippen molar-refractivity contribution in [3.8, 4) is 5.75 Å². The number of anilines is 1. The highest BCUT2D eigenvalue weighted by Gasteiger charge is 2.23. The van der Waals surface area contributed by atoms with Gasteiger partial charge < -0.3 is 14.8 Å². The lowest BCUT2D eigenvalue weighted by Crippen LogP contribution is -2.27. The van der Waals surface area contributed by atoms with E-state index >= 15 is 0 Å². The van der Waals surface area contributed by atoms with Gasteiger partial charge in [-0.05, 0) is 75.4 Å². The minimum atomic E-state index is -3.74. The molecule has 3 aromatic rings. The van der Waals surface area contributed by atoms with Gasteiger partial charge in [0.2, 0.25) is 10.0 Å². The summed E-state index contributed by atoms with van der Waals surface area (Å²) in [5.41, 5.74) is 2.74. The number of rotatable bonds is 10. The van der Waals surface area contributed by atoms with E-state index < -0.39 is 16.0 Å². The third-order valence-electron chi connectivity index (χ3n) is 5.40. The van der Waals surface area contributed by atoms with Crippen LogP contribution in [0.4, 0.5) is 5.69 Å². The number of nitrogens with zero attached hydrogens (tertiary/aromatic N) is 1. The number of aryl methyl sites for hydroxylation is 1. The van der Waals surface area contributed by atoms with E-state index in [1.165, 1.54) is 11.4 Å². The second-order valence-electron chi connectivity index (χ2n) is 8.08. The molecule has 0 unspecified atom stereocenters. The standard InChI is InChI=1S/C27H30N2O6S/c1-5-34-25-16-11-21(26(30)28-23-12-9-20(10-13-23)27(31)35-6-2)17-22(25)18-29(4)36(32,33)24-14-7-19(3)8-15-24/h7-17H,5-6,18H2,1-4H3,(H,28,30). The zero-order chi connectivity index (χ0) is 26.3. The average Bonchev–Trinajstić information content (AvgIpc) is 2.86. The van der Waals surface area contributed by atoms with Gasteiger partial charge in [-0.3, -0.25) is 4.79 Å². The minimum Gasteiger partial charge on any atom is -0.494 e. The summed E-state index contributed by atoms with van der Waals surface area (Å²) < 4.78 is 38.0. The first-order chi connectivity index (χ1) is 17.1. The van der Waals surface area contributed by atoms with Gasteiger partial charge in [0.05, 0.1) is 23.7 Å². The lowest BCUT2D eigenvalue weighted by Gasteiger charge is -2.20. The van der Waals surface area contributed by atoms with Crippen LogP contribution in [0.5, 0.6) is 5.75 Å². The molecule has 0 fully saturated rings. The lowest BCUT2D eigenvalue weighted by molar-refractivity contribution is 0.0526. The Balaban J connectivity index is 1.81. The third-order valence-corrected chi connectivity index (χ3v) is 7.22. The molecule has 9 heteroatoms. The molecule has 0 aromatic heterocycles. The van der Waals surface area contributed by atoms with Crippen molar-refractivity contribution in [1.82, 2.24) is 4.31 Å². The SMILES string of the molecule is CCOC(=O)c1ccc(NC(=O)c2ccc(OCC)c(CN(C)S(=O)(=O)c3ccc(C)cc3)c2)cc1. The Hall–Kier alpha value is -3.69. The van der Waals surface area contributed by atoms with Crippen LogP contribution in [0.3, 0.4) is 0 Å². The Morgan fingerprint density at radius 3 is 2.14 bits per heavy atom. The number of nitrogens with one attached hydrogen (secondary N) is 1. The van der Waals surface area contributed by atoms with E-state index in [0.717, 1.165) is 5.56 Å². The molecular formula is C27H30N2O6S. The van der Waals surface area contributed by atoms with Gasteiger partial charge in [0, 0.05) is 30.4 Å². The summed E-state index contributed by atoms with van der Waals surface area (Å²) in [6, 6.07) is 17.9. The molecule has 3 rings (SSSR count). The van der Waals surface area contributed by atoms with Gasteiger partial charge in [-0.15, -0.1) is 0 Å². The van der Waals surface area contributed by atoms with E-state index in [0.29, 0.717) is 34.7 Å². The molecule has 0 radical (unpaired) electrons. The summed E-state index contributed by atoms with van der Waals surface area (Å²) in [5, 5.41) is 2.79. The first kappa shape index (κ1) is 26.9. The van der Waals surface area contributed by atoms with E-state index in [1.54, 1.807) is 73.7 Å². The summed E-state index contributed by atoms with van der Waals surface area (Å²) in [6.07, 6.45) is 0. The first-order valence-corrected chi connectivity index (χ1v) is 13.0. The van der Waals surface area contributed by atoms with Crippen LogP contribution >= 0.6 is 0 Å². The number of amides is 1. The van der Waals surface area contributed by atoms with Gasteiger partial charge in [-0.25, -0.2) is 13.2 Å². The zero-order valence-corrected chi connectivity index (χ0v) is 21.6.